The molecule has 110 valence electrons. The highest BCUT2D eigenvalue weighted by molar-refractivity contribution is 5.85. The second-order valence-electron chi connectivity index (χ2n) is 5.18. The Morgan fingerprint density at radius 3 is 2.95 bits per heavy atom. The lowest BCUT2D eigenvalue weighted by atomic mass is 10.0. The second kappa shape index (κ2) is 4.48. The van der Waals surface area contributed by atoms with E-state index in [1.807, 2.05) is 36.6 Å². The highest BCUT2D eigenvalue weighted by Crippen LogP contribution is 2.26. The Labute approximate surface area is 124 Å². The summed E-state index contributed by atoms with van der Waals surface area (Å²) in [5.74, 6) is 0.843. The highest BCUT2D eigenvalue weighted by atomic mass is 16.6. The predicted octanol–water partition coefficient (Wildman–Crippen LogP) is 1.45. The van der Waals surface area contributed by atoms with Crippen LogP contribution in [0.1, 0.15) is 22.6 Å². The summed E-state index contributed by atoms with van der Waals surface area (Å²) in [4.78, 5) is 4.39. The van der Waals surface area contributed by atoms with Gasteiger partial charge in [0.05, 0.1) is 5.69 Å². The smallest absolute Gasteiger partial charge is 0.226 e. The molecular weight excluding hydrogens is 282 g/mol. The number of nitrogens with zero attached hydrogens (tertiary/aromatic N) is 6. The van der Waals surface area contributed by atoms with Crippen LogP contribution < -0.4 is 5.73 Å². The van der Waals surface area contributed by atoms with Crippen LogP contribution in [0.5, 0.6) is 0 Å². The molecule has 2 N–H and O–H groups in total. The lowest BCUT2D eigenvalue weighted by Crippen LogP contribution is -2.04. The average molecular weight is 295 g/mol. The number of nitrogen functional groups attached to an aromatic ring is 1. The molecule has 0 unspecified atom stereocenters. The summed E-state index contributed by atoms with van der Waals surface area (Å²) < 4.78 is 6.66. The first-order valence-electron chi connectivity index (χ1n) is 6.81. The molecule has 0 aliphatic rings. The molecule has 0 saturated heterocycles. The van der Waals surface area contributed by atoms with Crippen molar-refractivity contribution in [1.29, 1.82) is 0 Å². The molecule has 0 radical (unpaired) electrons. The Hall–Kier alpha value is -3.03. The molecule has 4 aromatic heterocycles. The van der Waals surface area contributed by atoms with Crippen LogP contribution in [0.3, 0.4) is 0 Å². The topological polar surface area (TPSA) is 108 Å². The van der Waals surface area contributed by atoms with Crippen molar-refractivity contribution in [2.24, 2.45) is 0 Å². The van der Waals surface area contributed by atoms with Crippen molar-refractivity contribution in [3.05, 3.63) is 41.0 Å². The number of fused-ring (bicyclic) bond motifs is 2. The van der Waals surface area contributed by atoms with Crippen molar-refractivity contribution >= 4 is 22.5 Å². The second-order valence-corrected chi connectivity index (χ2v) is 5.18. The average Bonchev–Trinajstić information content (AvgIpc) is 3.11. The molecule has 0 fully saturated rings. The van der Waals surface area contributed by atoms with Crippen LogP contribution in [0.2, 0.25) is 0 Å². The maximum atomic E-state index is 6.22. The Bertz CT molecular complexity index is 1000. The lowest BCUT2D eigenvalue weighted by molar-refractivity contribution is 0.315. The standard InChI is InChI=1S/C14H13N7O/c1-7-10(11(15)12-13(16-7)20-22-19-12)6-9-4-3-5-21-8(2)17-18-14(9)21/h3-5H,6,15H2,1-2H3. The fourth-order valence-electron chi connectivity index (χ4n) is 2.63. The molecule has 0 aliphatic heterocycles. The van der Waals surface area contributed by atoms with Gasteiger partial charge >= 0.3 is 0 Å². The predicted molar refractivity (Wildman–Crippen MR) is 79.3 cm³/mol. The third-order valence-corrected chi connectivity index (χ3v) is 3.82. The van der Waals surface area contributed by atoms with Crippen molar-refractivity contribution in [2.45, 2.75) is 20.3 Å². The summed E-state index contributed by atoms with van der Waals surface area (Å²) in [6.45, 7) is 3.81. The third kappa shape index (κ3) is 1.73. The van der Waals surface area contributed by atoms with Crippen LogP contribution in [0.15, 0.2) is 23.0 Å². The molecule has 0 atom stereocenters. The molecule has 0 saturated carbocycles. The van der Waals surface area contributed by atoms with Gasteiger partial charge in [0, 0.05) is 29.4 Å². The van der Waals surface area contributed by atoms with E-state index in [0.29, 0.717) is 23.3 Å². The molecule has 0 aromatic carbocycles. The number of pyridine rings is 2. The van der Waals surface area contributed by atoms with E-state index in [0.717, 1.165) is 28.3 Å². The van der Waals surface area contributed by atoms with Gasteiger partial charge in [0.2, 0.25) is 5.65 Å². The van der Waals surface area contributed by atoms with Crippen molar-refractivity contribution in [2.75, 3.05) is 5.73 Å². The lowest BCUT2D eigenvalue weighted by Gasteiger charge is -2.09. The van der Waals surface area contributed by atoms with Crippen molar-refractivity contribution in [1.82, 2.24) is 29.9 Å². The summed E-state index contributed by atoms with van der Waals surface area (Å²) in [7, 11) is 0. The molecule has 4 rings (SSSR count). The Morgan fingerprint density at radius 2 is 2.09 bits per heavy atom. The van der Waals surface area contributed by atoms with Gasteiger partial charge in [-0.25, -0.2) is 9.61 Å². The Balaban J connectivity index is 1.89. The van der Waals surface area contributed by atoms with Crippen molar-refractivity contribution < 1.29 is 4.63 Å². The fourth-order valence-corrected chi connectivity index (χ4v) is 2.63. The molecular formula is C14H13N7O. The van der Waals surface area contributed by atoms with E-state index in [-0.39, 0.29) is 0 Å². The minimum atomic E-state index is 0.426. The van der Waals surface area contributed by atoms with Crippen LogP contribution in [0.25, 0.3) is 16.8 Å². The summed E-state index contributed by atoms with van der Waals surface area (Å²) in [6.07, 6.45) is 2.53. The van der Waals surface area contributed by atoms with E-state index in [4.69, 9.17) is 10.4 Å². The maximum Gasteiger partial charge on any atom is 0.226 e. The zero-order valence-electron chi connectivity index (χ0n) is 12.1. The van der Waals surface area contributed by atoms with Crippen molar-refractivity contribution in [3.8, 4) is 0 Å². The number of rotatable bonds is 2. The van der Waals surface area contributed by atoms with E-state index in [1.54, 1.807) is 0 Å². The first-order chi connectivity index (χ1) is 10.6. The van der Waals surface area contributed by atoms with Gasteiger partial charge in [-0.1, -0.05) is 6.07 Å². The van der Waals surface area contributed by atoms with E-state index in [2.05, 4.69) is 25.5 Å². The van der Waals surface area contributed by atoms with Gasteiger partial charge in [0.15, 0.2) is 11.2 Å². The number of nitrogens with two attached hydrogens (primary N) is 1. The van der Waals surface area contributed by atoms with Gasteiger partial charge in [-0.3, -0.25) is 4.40 Å². The summed E-state index contributed by atoms with van der Waals surface area (Å²) in [5, 5.41) is 15.9. The molecule has 0 spiro atoms. The monoisotopic (exact) mass is 295 g/mol. The maximum absolute atomic E-state index is 6.22. The molecule has 8 nitrogen and oxygen atoms in total. The van der Waals surface area contributed by atoms with Crippen molar-refractivity contribution in [3.63, 3.8) is 0 Å². The fraction of sp³-hybridized carbons (Fsp3) is 0.214. The van der Waals surface area contributed by atoms with E-state index in [1.165, 1.54) is 0 Å². The quantitative estimate of drug-likeness (QED) is 0.596. The number of aryl methyl sites for hydroxylation is 2. The zero-order valence-corrected chi connectivity index (χ0v) is 12.1. The number of aromatic nitrogens is 6. The summed E-state index contributed by atoms with van der Waals surface area (Å²) in [6, 6.07) is 3.97. The molecule has 22 heavy (non-hydrogen) atoms. The van der Waals surface area contributed by atoms with E-state index >= 15 is 0 Å². The Kier molecular flexibility index (Phi) is 2.59. The number of hydrogen-bond acceptors (Lipinski definition) is 7. The normalized spacial score (nSPS) is 11.5. The Morgan fingerprint density at radius 1 is 1.23 bits per heavy atom. The van der Waals surface area contributed by atoms with Gasteiger partial charge in [-0.05, 0) is 30.2 Å². The van der Waals surface area contributed by atoms with Gasteiger partial charge in [0.1, 0.15) is 5.82 Å². The van der Waals surface area contributed by atoms with Crippen LogP contribution >= 0.6 is 0 Å². The van der Waals surface area contributed by atoms with E-state index in [9.17, 15) is 0 Å². The van der Waals surface area contributed by atoms with Crippen LogP contribution in [0, 0.1) is 13.8 Å². The van der Waals surface area contributed by atoms with Gasteiger partial charge in [0.25, 0.3) is 0 Å². The van der Waals surface area contributed by atoms with Gasteiger partial charge in [-0.2, -0.15) is 0 Å². The molecule has 0 bridgehead atoms. The largest absolute Gasteiger partial charge is 0.396 e. The van der Waals surface area contributed by atoms with Crippen LogP contribution in [-0.4, -0.2) is 29.9 Å². The summed E-state index contributed by atoms with van der Waals surface area (Å²) >= 11 is 0. The molecule has 0 aliphatic carbocycles. The molecule has 4 aromatic rings. The minimum absolute atomic E-state index is 0.426. The summed E-state index contributed by atoms with van der Waals surface area (Å²) in [5.41, 5.74) is 11.2. The van der Waals surface area contributed by atoms with E-state index < -0.39 is 0 Å². The number of hydrogen-bond donors (Lipinski definition) is 1. The number of anilines is 1. The van der Waals surface area contributed by atoms with Gasteiger partial charge < -0.3 is 5.73 Å². The first-order valence-corrected chi connectivity index (χ1v) is 6.81. The third-order valence-electron chi connectivity index (χ3n) is 3.82. The van der Waals surface area contributed by atoms with Crippen LogP contribution in [-0.2, 0) is 6.42 Å². The van der Waals surface area contributed by atoms with Crippen LogP contribution in [0.4, 0.5) is 5.69 Å². The van der Waals surface area contributed by atoms with Gasteiger partial charge in [-0.15, -0.1) is 10.2 Å². The minimum Gasteiger partial charge on any atom is -0.396 e. The molecule has 8 heteroatoms. The molecule has 4 heterocycles. The molecule has 0 amide bonds. The SMILES string of the molecule is Cc1nc2nonc2c(N)c1Cc1cccn2c(C)nnc12. The highest BCUT2D eigenvalue weighted by Gasteiger charge is 2.16. The first kappa shape index (κ1) is 12.7. The zero-order chi connectivity index (χ0) is 15.3.